The van der Waals surface area contributed by atoms with E-state index in [4.69, 9.17) is 0 Å². The van der Waals surface area contributed by atoms with Crippen molar-refractivity contribution in [1.82, 2.24) is 21.0 Å². The van der Waals surface area contributed by atoms with E-state index in [1.54, 1.807) is 0 Å². The molecule has 9 heteroatoms. The van der Waals surface area contributed by atoms with Crippen molar-refractivity contribution in [3.63, 3.8) is 0 Å². The molecule has 1 aromatic heterocycles. The quantitative estimate of drug-likeness (QED) is 0.526. The molecule has 0 aliphatic rings. The van der Waals surface area contributed by atoms with Crippen LogP contribution in [0.25, 0.3) is 0 Å². The van der Waals surface area contributed by atoms with Gasteiger partial charge in [-0.3, -0.25) is 20.4 Å². The third-order valence-electron chi connectivity index (χ3n) is 1.44. The molecule has 0 fully saturated rings. The van der Waals surface area contributed by atoms with Crippen molar-refractivity contribution in [2.24, 2.45) is 0 Å². The van der Waals surface area contributed by atoms with Crippen molar-refractivity contribution in [1.29, 1.82) is 0 Å². The predicted molar refractivity (Wildman–Crippen MR) is 66.8 cm³/mol. The number of rotatable bonds is 5. The van der Waals surface area contributed by atoms with Crippen LogP contribution in [0.15, 0.2) is 4.34 Å². The van der Waals surface area contributed by atoms with E-state index in [-0.39, 0.29) is 17.6 Å². The van der Waals surface area contributed by atoms with Gasteiger partial charge in [0, 0.05) is 13.5 Å². The second kappa shape index (κ2) is 7.07. The topological polar surface area (TPSA) is 96.0 Å². The summed E-state index contributed by atoms with van der Waals surface area (Å²) in [6.07, 6.45) is 0. The molecule has 1 aromatic rings. The molecule has 17 heavy (non-hydrogen) atoms. The van der Waals surface area contributed by atoms with Crippen molar-refractivity contribution in [3.8, 4) is 0 Å². The molecule has 0 aliphatic carbocycles. The van der Waals surface area contributed by atoms with Crippen LogP contribution in [0.2, 0.25) is 0 Å². The van der Waals surface area contributed by atoms with E-state index in [0.717, 1.165) is 11.7 Å². The van der Waals surface area contributed by atoms with E-state index in [1.165, 1.54) is 30.0 Å². The Morgan fingerprint density at radius 1 is 1.35 bits per heavy atom. The molecule has 7 nitrogen and oxygen atoms in total. The molecule has 0 saturated heterocycles. The zero-order chi connectivity index (χ0) is 12.7. The number of hydrogen-bond donors (Lipinski definition) is 3. The summed E-state index contributed by atoms with van der Waals surface area (Å²) in [5, 5.41) is 11.6. The number of anilines is 1. The maximum Gasteiger partial charge on any atom is 0.248 e. The normalized spacial score (nSPS) is 9.76. The third kappa shape index (κ3) is 5.50. The first-order valence-electron chi connectivity index (χ1n) is 4.87. The van der Waals surface area contributed by atoms with Crippen molar-refractivity contribution < 1.29 is 9.59 Å². The Labute approximate surface area is 107 Å². The Balaban J connectivity index is 2.29. The summed E-state index contributed by atoms with van der Waals surface area (Å²) in [6, 6.07) is 0. The van der Waals surface area contributed by atoms with E-state index in [1.807, 2.05) is 6.92 Å². The fraction of sp³-hybridized carbons (Fsp3) is 0.500. The van der Waals surface area contributed by atoms with Gasteiger partial charge in [0.2, 0.25) is 16.9 Å². The Bertz CT molecular complexity index is 395. The summed E-state index contributed by atoms with van der Waals surface area (Å²) < 4.78 is 0.707. The monoisotopic (exact) mass is 275 g/mol. The molecule has 0 unspecified atom stereocenters. The highest BCUT2D eigenvalue weighted by Gasteiger charge is 2.07. The summed E-state index contributed by atoms with van der Waals surface area (Å²) in [4.78, 5) is 21.8. The lowest BCUT2D eigenvalue weighted by Gasteiger charge is -2.02. The molecule has 0 radical (unpaired) electrons. The number of hydrazine groups is 1. The van der Waals surface area contributed by atoms with Crippen LogP contribution < -0.4 is 16.2 Å². The molecule has 0 saturated carbocycles. The average molecular weight is 275 g/mol. The molecule has 1 rings (SSSR count). The molecular weight excluding hydrogens is 262 g/mol. The number of nitrogens with zero attached hydrogens (tertiary/aromatic N) is 2. The number of nitrogens with one attached hydrogen (secondary N) is 3. The molecule has 0 atom stereocenters. The van der Waals surface area contributed by atoms with Crippen LogP contribution in [0.3, 0.4) is 0 Å². The molecule has 2 amide bonds. The Morgan fingerprint density at radius 2 is 2.12 bits per heavy atom. The number of carbonyl (C=O) groups is 2. The number of carbonyl (C=O) groups excluding carboxylic acids is 2. The van der Waals surface area contributed by atoms with E-state index >= 15 is 0 Å². The van der Waals surface area contributed by atoms with Crippen LogP contribution in [0.1, 0.15) is 13.8 Å². The first-order chi connectivity index (χ1) is 8.11. The molecule has 1 heterocycles. The summed E-state index contributed by atoms with van der Waals surface area (Å²) in [7, 11) is 0. The molecule has 0 aromatic carbocycles. The van der Waals surface area contributed by atoms with Gasteiger partial charge in [-0.2, -0.15) is 0 Å². The van der Waals surface area contributed by atoms with Gasteiger partial charge in [-0.1, -0.05) is 23.1 Å². The highest BCUT2D eigenvalue weighted by Crippen LogP contribution is 2.24. The minimum Gasteiger partial charge on any atom is -0.360 e. The molecule has 3 N–H and O–H groups in total. The Kier molecular flexibility index (Phi) is 5.70. The summed E-state index contributed by atoms with van der Waals surface area (Å²) >= 11 is 2.65. The van der Waals surface area contributed by atoms with Gasteiger partial charge in [0.25, 0.3) is 0 Å². The summed E-state index contributed by atoms with van der Waals surface area (Å²) in [5.41, 5.74) is 4.48. The average Bonchev–Trinajstić information content (AvgIpc) is 2.72. The lowest BCUT2D eigenvalue weighted by atomic mass is 10.7. The fourth-order valence-electron chi connectivity index (χ4n) is 0.812. The van der Waals surface area contributed by atoms with Crippen LogP contribution in [0.5, 0.6) is 0 Å². The van der Waals surface area contributed by atoms with Crippen molar-refractivity contribution >= 4 is 40.0 Å². The second-order valence-electron chi connectivity index (χ2n) is 2.92. The second-order valence-corrected chi connectivity index (χ2v) is 5.12. The van der Waals surface area contributed by atoms with Gasteiger partial charge in [0.05, 0.1) is 5.75 Å². The van der Waals surface area contributed by atoms with E-state index in [2.05, 4.69) is 26.4 Å². The maximum absolute atomic E-state index is 11.2. The predicted octanol–water partition coefficient (Wildman–Crippen LogP) is 0.229. The lowest BCUT2D eigenvalue weighted by molar-refractivity contribution is -0.126. The Hall–Kier alpha value is -1.35. The largest absolute Gasteiger partial charge is 0.360 e. The van der Waals surface area contributed by atoms with Crippen molar-refractivity contribution in [2.75, 3.05) is 17.6 Å². The van der Waals surface area contributed by atoms with Gasteiger partial charge in [0.1, 0.15) is 0 Å². The highest BCUT2D eigenvalue weighted by molar-refractivity contribution is 8.01. The van der Waals surface area contributed by atoms with Crippen LogP contribution in [0.4, 0.5) is 5.13 Å². The van der Waals surface area contributed by atoms with Gasteiger partial charge in [-0.05, 0) is 6.92 Å². The molecular formula is C8H13N5O2S2. The minimum atomic E-state index is -0.311. The van der Waals surface area contributed by atoms with Crippen LogP contribution in [0, 0.1) is 0 Å². The fourth-order valence-corrected chi connectivity index (χ4v) is 2.43. The van der Waals surface area contributed by atoms with Gasteiger partial charge >= 0.3 is 0 Å². The SMILES string of the molecule is CCNc1nnc(SCC(=O)NNC(C)=O)s1. The first-order valence-corrected chi connectivity index (χ1v) is 6.67. The molecule has 94 valence electrons. The van der Waals surface area contributed by atoms with Crippen LogP contribution in [-0.2, 0) is 9.59 Å². The van der Waals surface area contributed by atoms with Crippen molar-refractivity contribution in [3.05, 3.63) is 0 Å². The summed E-state index contributed by atoms with van der Waals surface area (Å²) in [6.45, 7) is 4.07. The van der Waals surface area contributed by atoms with Crippen molar-refractivity contribution in [2.45, 2.75) is 18.2 Å². The molecule has 0 spiro atoms. The van der Waals surface area contributed by atoms with Gasteiger partial charge in [0.15, 0.2) is 4.34 Å². The van der Waals surface area contributed by atoms with E-state index in [0.29, 0.717) is 4.34 Å². The zero-order valence-corrected chi connectivity index (χ0v) is 11.1. The molecule has 0 aliphatic heterocycles. The highest BCUT2D eigenvalue weighted by atomic mass is 32.2. The van der Waals surface area contributed by atoms with Gasteiger partial charge in [-0.15, -0.1) is 10.2 Å². The summed E-state index contributed by atoms with van der Waals surface area (Å²) in [5.74, 6) is -0.416. The Morgan fingerprint density at radius 3 is 2.76 bits per heavy atom. The standard InChI is InChI=1S/C8H13N5O2S2/c1-3-9-7-12-13-8(17-7)16-4-6(15)11-10-5(2)14/h3-4H2,1-2H3,(H,9,12)(H,10,14)(H,11,15). The van der Waals surface area contributed by atoms with Crippen LogP contribution in [-0.4, -0.2) is 34.3 Å². The van der Waals surface area contributed by atoms with E-state index in [9.17, 15) is 9.59 Å². The first kappa shape index (κ1) is 13.7. The number of aromatic nitrogens is 2. The molecule has 0 bridgehead atoms. The van der Waals surface area contributed by atoms with Gasteiger partial charge in [-0.25, -0.2) is 0 Å². The smallest absolute Gasteiger partial charge is 0.248 e. The lowest BCUT2D eigenvalue weighted by Crippen LogP contribution is -2.41. The van der Waals surface area contributed by atoms with E-state index < -0.39 is 0 Å². The number of amides is 2. The maximum atomic E-state index is 11.2. The zero-order valence-electron chi connectivity index (χ0n) is 9.44. The minimum absolute atomic E-state index is 0.182. The third-order valence-corrected chi connectivity index (χ3v) is 3.45. The number of hydrogen-bond acceptors (Lipinski definition) is 7. The van der Waals surface area contributed by atoms with Crippen LogP contribution >= 0.6 is 23.1 Å². The van der Waals surface area contributed by atoms with Gasteiger partial charge < -0.3 is 5.32 Å². The number of thioether (sulfide) groups is 1.